The highest BCUT2D eigenvalue weighted by molar-refractivity contribution is 5.90. The molecule has 1 amide bonds. The van der Waals surface area contributed by atoms with E-state index in [4.69, 9.17) is 4.52 Å². The van der Waals surface area contributed by atoms with Gasteiger partial charge in [-0.2, -0.15) is 4.98 Å². The molecule has 1 unspecified atom stereocenters. The Morgan fingerprint density at radius 2 is 2.05 bits per heavy atom. The van der Waals surface area contributed by atoms with Crippen molar-refractivity contribution in [3.05, 3.63) is 47.1 Å². The van der Waals surface area contributed by atoms with Crippen molar-refractivity contribution >= 4 is 5.91 Å². The zero-order chi connectivity index (χ0) is 13.8. The largest absolute Gasteiger partial charge is 0.387 e. The molecule has 100 valence electrons. The fourth-order valence-corrected chi connectivity index (χ4v) is 1.57. The smallest absolute Gasteiger partial charge is 0.292 e. The molecule has 0 saturated carbocycles. The van der Waals surface area contributed by atoms with E-state index in [1.165, 1.54) is 0 Å². The molecule has 0 fully saturated rings. The van der Waals surface area contributed by atoms with Crippen LogP contribution in [0.25, 0.3) is 0 Å². The molecule has 0 bridgehead atoms. The third-order valence-corrected chi connectivity index (χ3v) is 2.65. The minimum absolute atomic E-state index is 0.0337. The first-order chi connectivity index (χ1) is 9.06. The van der Waals surface area contributed by atoms with E-state index in [0.717, 1.165) is 11.1 Å². The van der Waals surface area contributed by atoms with Crippen molar-refractivity contribution in [2.45, 2.75) is 20.0 Å². The van der Waals surface area contributed by atoms with E-state index in [1.807, 2.05) is 31.2 Å². The van der Waals surface area contributed by atoms with E-state index in [-0.39, 0.29) is 12.4 Å². The monoisotopic (exact) mass is 261 g/mol. The van der Waals surface area contributed by atoms with Crippen molar-refractivity contribution in [1.82, 2.24) is 15.5 Å². The number of nitrogens with one attached hydrogen (secondary N) is 1. The summed E-state index contributed by atoms with van der Waals surface area (Å²) in [6.45, 7) is 3.66. The van der Waals surface area contributed by atoms with Gasteiger partial charge in [-0.25, -0.2) is 0 Å². The molecule has 0 saturated heterocycles. The standard InChI is InChI=1S/C13H15N3O3/c1-8-3-5-10(6-4-8)11(17)7-14-13(18)12-15-9(2)19-16-12/h3-6,11,17H,7H2,1-2H3,(H,14,18). The Morgan fingerprint density at radius 3 is 2.63 bits per heavy atom. The van der Waals surface area contributed by atoms with Crippen LogP contribution in [0.1, 0.15) is 33.7 Å². The number of aliphatic hydroxyl groups excluding tert-OH is 1. The third kappa shape index (κ3) is 3.38. The maximum Gasteiger partial charge on any atom is 0.292 e. The molecule has 2 N–H and O–H groups in total. The third-order valence-electron chi connectivity index (χ3n) is 2.65. The summed E-state index contributed by atoms with van der Waals surface area (Å²) in [4.78, 5) is 15.4. The second-order valence-electron chi connectivity index (χ2n) is 4.27. The Bertz CT molecular complexity index is 563. The van der Waals surface area contributed by atoms with Gasteiger partial charge in [0.1, 0.15) is 0 Å². The number of benzene rings is 1. The van der Waals surface area contributed by atoms with Crippen LogP contribution in [-0.4, -0.2) is 27.7 Å². The maximum absolute atomic E-state index is 11.6. The highest BCUT2D eigenvalue weighted by Gasteiger charge is 2.14. The number of hydrogen-bond acceptors (Lipinski definition) is 5. The van der Waals surface area contributed by atoms with Crippen molar-refractivity contribution in [3.8, 4) is 0 Å². The molecule has 1 aromatic heterocycles. The van der Waals surface area contributed by atoms with E-state index < -0.39 is 12.0 Å². The summed E-state index contributed by atoms with van der Waals surface area (Å²) in [5, 5.41) is 16.0. The van der Waals surface area contributed by atoms with Gasteiger partial charge in [0.2, 0.25) is 5.89 Å². The number of nitrogens with zero attached hydrogens (tertiary/aromatic N) is 2. The topological polar surface area (TPSA) is 88.2 Å². The molecular formula is C13H15N3O3. The number of hydrogen-bond donors (Lipinski definition) is 2. The van der Waals surface area contributed by atoms with E-state index in [1.54, 1.807) is 6.92 Å². The molecule has 0 radical (unpaired) electrons. The predicted molar refractivity (Wildman–Crippen MR) is 67.5 cm³/mol. The maximum atomic E-state index is 11.6. The average Bonchev–Trinajstić information content (AvgIpc) is 2.83. The lowest BCUT2D eigenvalue weighted by Gasteiger charge is -2.11. The summed E-state index contributed by atoms with van der Waals surface area (Å²) in [6, 6.07) is 7.46. The van der Waals surface area contributed by atoms with Gasteiger partial charge < -0.3 is 14.9 Å². The number of aryl methyl sites for hydroxylation is 2. The molecule has 6 heteroatoms. The quantitative estimate of drug-likeness (QED) is 0.862. The number of aromatic nitrogens is 2. The fraction of sp³-hybridized carbons (Fsp3) is 0.308. The molecule has 6 nitrogen and oxygen atoms in total. The number of amides is 1. The van der Waals surface area contributed by atoms with E-state index in [0.29, 0.717) is 5.89 Å². The second kappa shape index (κ2) is 5.62. The van der Waals surface area contributed by atoms with Gasteiger partial charge in [-0.15, -0.1) is 0 Å². The van der Waals surface area contributed by atoms with Crippen molar-refractivity contribution < 1.29 is 14.4 Å². The van der Waals surface area contributed by atoms with Crippen LogP contribution < -0.4 is 5.32 Å². The Kier molecular flexibility index (Phi) is 3.91. The Labute approximate surface area is 110 Å². The molecule has 2 aromatic rings. The average molecular weight is 261 g/mol. The second-order valence-corrected chi connectivity index (χ2v) is 4.27. The molecule has 19 heavy (non-hydrogen) atoms. The van der Waals surface area contributed by atoms with Crippen LogP contribution >= 0.6 is 0 Å². The molecule has 1 atom stereocenters. The summed E-state index contributed by atoms with van der Waals surface area (Å²) < 4.78 is 4.71. The van der Waals surface area contributed by atoms with E-state index in [2.05, 4.69) is 15.5 Å². The minimum Gasteiger partial charge on any atom is -0.387 e. The highest BCUT2D eigenvalue weighted by atomic mass is 16.5. The van der Waals surface area contributed by atoms with E-state index in [9.17, 15) is 9.90 Å². The minimum atomic E-state index is -0.766. The fourth-order valence-electron chi connectivity index (χ4n) is 1.57. The normalized spacial score (nSPS) is 12.2. The van der Waals surface area contributed by atoms with Crippen LogP contribution in [0.15, 0.2) is 28.8 Å². The van der Waals surface area contributed by atoms with Gasteiger partial charge in [0, 0.05) is 13.5 Å². The van der Waals surface area contributed by atoms with E-state index >= 15 is 0 Å². The zero-order valence-electron chi connectivity index (χ0n) is 10.8. The highest BCUT2D eigenvalue weighted by Crippen LogP contribution is 2.12. The Hall–Kier alpha value is -2.21. The van der Waals surface area contributed by atoms with Crippen molar-refractivity contribution in [3.63, 3.8) is 0 Å². The molecule has 0 aliphatic heterocycles. The molecule has 0 aliphatic carbocycles. The summed E-state index contributed by atoms with van der Waals surface area (Å²) in [6.07, 6.45) is -0.766. The predicted octanol–water partition coefficient (Wildman–Crippen LogP) is 1.15. The summed E-state index contributed by atoms with van der Waals surface area (Å²) >= 11 is 0. The molecule has 1 heterocycles. The van der Waals surface area contributed by atoms with Crippen LogP contribution in [0.4, 0.5) is 0 Å². The first-order valence-corrected chi connectivity index (χ1v) is 5.89. The summed E-state index contributed by atoms with van der Waals surface area (Å²) in [7, 11) is 0. The van der Waals surface area contributed by atoms with Crippen LogP contribution in [0.5, 0.6) is 0 Å². The molecule has 0 spiro atoms. The van der Waals surface area contributed by atoms with Crippen LogP contribution in [-0.2, 0) is 0 Å². The van der Waals surface area contributed by atoms with Gasteiger partial charge in [-0.1, -0.05) is 35.0 Å². The molecular weight excluding hydrogens is 246 g/mol. The molecule has 1 aromatic carbocycles. The van der Waals surface area contributed by atoms with Crippen molar-refractivity contribution in [1.29, 1.82) is 0 Å². The van der Waals surface area contributed by atoms with Gasteiger partial charge in [0.05, 0.1) is 6.10 Å². The number of rotatable bonds is 4. The lowest BCUT2D eigenvalue weighted by Crippen LogP contribution is -2.29. The van der Waals surface area contributed by atoms with Gasteiger partial charge in [-0.05, 0) is 12.5 Å². The van der Waals surface area contributed by atoms with Gasteiger partial charge in [-0.3, -0.25) is 4.79 Å². The van der Waals surface area contributed by atoms with Crippen LogP contribution in [0, 0.1) is 13.8 Å². The number of aliphatic hydroxyl groups is 1. The Morgan fingerprint density at radius 1 is 1.37 bits per heavy atom. The first-order valence-electron chi connectivity index (χ1n) is 5.89. The van der Waals surface area contributed by atoms with Gasteiger partial charge >= 0.3 is 0 Å². The first kappa shape index (κ1) is 13.2. The van der Waals surface area contributed by atoms with Crippen LogP contribution in [0.2, 0.25) is 0 Å². The van der Waals surface area contributed by atoms with Crippen LogP contribution in [0.3, 0.4) is 0 Å². The van der Waals surface area contributed by atoms with Crippen molar-refractivity contribution in [2.75, 3.05) is 6.54 Å². The SMILES string of the molecule is Cc1ccc(C(O)CNC(=O)c2noc(C)n2)cc1. The Balaban J connectivity index is 1.91. The lowest BCUT2D eigenvalue weighted by atomic mass is 10.1. The van der Waals surface area contributed by atoms with Gasteiger partial charge in [0.25, 0.3) is 11.7 Å². The van der Waals surface area contributed by atoms with Crippen molar-refractivity contribution in [2.24, 2.45) is 0 Å². The number of carbonyl (C=O) groups excluding carboxylic acids is 1. The number of carbonyl (C=O) groups is 1. The van der Waals surface area contributed by atoms with Gasteiger partial charge in [0.15, 0.2) is 0 Å². The summed E-state index contributed by atoms with van der Waals surface area (Å²) in [5.41, 5.74) is 1.86. The molecule has 0 aliphatic rings. The molecule has 2 rings (SSSR count). The summed E-state index contributed by atoms with van der Waals surface area (Å²) in [5.74, 6) is -0.180. The lowest BCUT2D eigenvalue weighted by molar-refractivity contribution is 0.0903. The zero-order valence-corrected chi connectivity index (χ0v) is 10.8.